The molecular weight excluding hydrogens is 155 g/mol. The monoisotopic (exact) mass is 168 g/mol. The first-order valence-corrected chi connectivity index (χ1v) is 3.93. The summed E-state index contributed by atoms with van der Waals surface area (Å²) in [5.74, 6) is 0. The van der Waals surface area contributed by atoms with Gasteiger partial charge in [0.2, 0.25) is 0 Å². The van der Waals surface area contributed by atoms with Crippen molar-refractivity contribution in [2.45, 2.75) is 12.6 Å². The summed E-state index contributed by atoms with van der Waals surface area (Å²) >= 11 is 0. The third kappa shape index (κ3) is 2.20. The molecular formula is C9H13FN2. The second-order valence-electron chi connectivity index (χ2n) is 2.71. The van der Waals surface area contributed by atoms with Gasteiger partial charge in [0.25, 0.3) is 0 Å². The number of anilines is 1. The minimum atomic E-state index is -0.962. The van der Waals surface area contributed by atoms with Gasteiger partial charge in [0.15, 0.2) is 0 Å². The van der Waals surface area contributed by atoms with Crippen LogP contribution in [-0.2, 0) is 0 Å². The highest BCUT2D eigenvalue weighted by molar-refractivity contribution is 5.39. The standard InChI is InChI=1S/C9H13FN2/c10-9(5-6-11)7-1-3-8(12)4-2-7/h1-4,9H,5-6,11-12H2. The Labute approximate surface area is 71.4 Å². The number of hydrogen-bond donors (Lipinski definition) is 2. The number of halogens is 1. The smallest absolute Gasteiger partial charge is 0.126 e. The van der Waals surface area contributed by atoms with Crippen LogP contribution in [0, 0.1) is 0 Å². The molecule has 12 heavy (non-hydrogen) atoms. The van der Waals surface area contributed by atoms with Crippen molar-refractivity contribution in [1.29, 1.82) is 0 Å². The molecule has 2 nitrogen and oxygen atoms in total. The molecule has 0 saturated heterocycles. The molecule has 0 aliphatic carbocycles. The fourth-order valence-corrected chi connectivity index (χ4v) is 1.02. The van der Waals surface area contributed by atoms with Crippen LogP contribution in [0.5, 0.6) is 0 Å². The predicted molar refractivity (Wildman–Crippen MR) is 48.4 cm³/mol. The Morgan fingerprint density at radius 1 is 1.25 bits per heavy atom. The summed E-state index contributed by atoms with van der Waals surface area (Å²) in [6, 6.07) is 6.77. The van der Waals surface area contributed by atoms with E-state index < -0.39 is 6.17 Å². The number of alkyl halides is 1. The van der Waals surface area contributed by atoms with E-state index in [0.29, 0.717) is 24.2 Å². The molecule has 0 aromatic heterocycles. The zero-order valence-corrected chi connectivity index (χ0v) is 6.83. The van der Waals surface area contributed by atoms with Crippen LogP contribution in [0.3, 0.4) is 0 Å². The van der Waals surface area contributed by atoms with Crippen LogP contribution in [-0.4, -0.2) is 6.54 Å². The van der Waals surface area contributed by atoms with E-state index in [1.54, 1.807) is 24.3 Å². The molecule has 1 rings (SSSR count). The summed E-state index contributed by atoms with van der Waals surface area (Å²) in [5.41, 5.74) is 12.0. The SMILES string of the molecule is NCCC(F)c1ccc(N)cc1. The molecule has 0 aliphatic heterocycles. The maximum atomic E-state index is 13.1. The maximum Gasteiger partial charge on any atom is 0.126 e. The predicted octanol–water partition coefficient (Wildman–Crippen LogP) is 1.63. The lowest BCUT2D eigenvalue weighted by molar-refractivity contribution is 0.328. The maximum absolute atomic E-state index is 13.1. The number of nitrogens with two attached hydrogens (primary N) is 2. The summed E-state index contributed by atoms with van der Waals surface area (Å²) in [6.45, 7) is 0.367. The molecule has 0 fully saturated rings. The van der Waals surface area contributed by atoms with E-state index in [1.165, 1.54) is 0 Å². The largest absolute Gasteiger partial charge is 0.399 e. The van der Waals surface area contributed by atoms with E-state index in [9.17, 15) is 4.39 Å². The third-order valence-corrected chi connectivity index (χ3v) is 1.72. The van der Waals surface area contributed by atoms with Gasteiger partial charge in [0.05, 0.1) is 0 Å². The lowest BCUT2D eigenvalue weighted by atomic mass is 10.1. The molecule has 0 aliphatic rings. The first kappa shape index (κ1) is 9.00. The molecule has 1 aromatic rings. The molecule has 4 N–H and O–H groups in total. The fourth-order valence-electron chi connectivity index (χ4n) is 1.02. The number of rotatable bonds is 3. The number of hydrogen-bond acceptors (Lipinski definition) is 2. The average Bonchev–Trinajstić information content (AvgIpc) is 2.06. The van der Waals surface area contributed by atoms with E-state index in [-0.39, 0.29) is 0 Å². The minimum absolute atomic E-state index is 0.365. The van der Waals surface area contributed by atoms with Crippen LogP contribution in [0.1, 0.15) is 18.2 Å². The molecule has 3 heteroatoms. The molecule has 0 bridgehead atoms. The summed E-state index contributed by atoms with van der Waals surface area (Å²) in [7, 11) is 0. The molecule has 1 atom stereocenters. The van der Waals surface area contributed by atoms with Crippen LogP contribution < -0.4 is 11.5 Å². The third-order valence-electron chi connectivity index (χ3n) is 1.72. The Bertz CT molecular complexity index is 233. The lowest BCUT2D eigenvalue weighted by Gasteiger charge is -2.06. The quantitative estimate of drug-likeness (QED) is 0.674. The Morgan fingerprint density at radius 3 is 2.33 bits per heavy atom. The molecule has 66 valence electrons. The van der Waals surface area contributed by atoms with E-state index in [0.717, 1.165) is 0 Å². The Hall–Kier alpha value is -1.09. The van der Waals surface area contributed by atoms with E-state index in [2.05, 4.69) is 0 Å². The van der Waals surface area contributed by atoms with Crippen molar-refractivity contribution in [2.75, 3.05) is 12.3 Å². The van der Waals surface area contributed by atoms with E-state index in [1.807, 2.05) is 0 Å². The molecule has 0 heterocycles. The van der Waals surface area contributed by atoms with Gasteiger partial charge < -0.3 is 11.5 Å². The first-order valence-electron chi connectivity index (χ1n) is 3.93. The lowest BCUT2D eigenvalue weighted by Crippen LogP contribution is -2.03. The number of benzene rings is 1. The van der Waals surface area contributed by atoms with Gasteiger partial charge in [-0.1, -0.05) is 12.1 Å². The zero-order chi connectivity index (χ0) is 8.97. The Morgan fingerprint density at radius 2 is 1.83 bits per heavy atom. The normalized spacial score (nSPS) is 12.8. The second kappa shape index (κ2) is 4.07. The molecule has 0 radical (unpaired) electrons. The van der Waals surface area contributed by atoms with Gasteiger partial charge in [-0.3, -0.25) is 0 Å². The highest BCUT2D eigenvalue weighted by Crippen LogP contribution is 2.20. The molecule has 0 saturated carbocycles. The summed E-state index contributed by atoms with van der Waals surface area (Å²) in [4.78, 5) is 0. The van der Waals surface area contributed by atoms with Crippen molar-refractivity contribution in [3.8, 4) is 0 Å². The van der Waals surface area contributed by atoms with Gasteiger partial charge in [-0.15, -0.1) is 0 Å². The average molecular weight is 168 g/mol. The van der Waals surface area contributed by atoms with Gasteiger partial charge in [0.1, 0.15) is 6.17 Å². The van der Waals surface area contributed by atoms with E-state index in [4.69, 9.17) is 11.5 Å². The van der Waals surface area contributed by atoms with Crippen molar-refractivity contribution >= 4 is 5.69 Å². The van der Waals surface area contributed by atoms with Crippen LogP contribution in [0.25, 0.3) is 0 Å². The van der Waals surface area contributed by atoms with Crippen molar-refractivity contribution in [1.82, 2.24) is 0 Å². The second-order valence-corrected chi connectivity index (χ2v) is 2.71. The highest BCUT2D eigenvalue weighted by Gasteiger charge is 2.06. The van der Waals surface area contributed by atoms with Crippen molar-refractivity contribution < 1.29 is 4.39 Å². The first-order chi connectivity index (χ1) is 5.74. The number of nitrogen functional groups attached to an aromatic ring is 1. The van der Waals surface area contributed by atoms with Gasteiger partial charge >= 0.3 is 0 Å². The van der Waals surface area contributed by atoms with Gasteiger partial charge in [-0.2, -0.15) is 0 Å². The molecule has 1 aromatic carbocycles. The topological polar surface area (TPSA) is 52.0 Å². The van der Waals surface area contributed by atoms with E-state index >= 15 is 0 Å². The molecule has 0 spiro atoms. The van der Waals surface area contributed by atoms with Crippen molar-refractivity contribution in [2.24, 2.45) is 5.73 Å². The summed E-state index contributed by atoms with van der Waals surface area (Å²) < 4.78 is 13.1. The van der Waals surface area contributed by atoms with Crippen molar-refractivity contribution in [3.05, 3.63) is 29.8 Å². The zero-order valence-electron chi connectivity index (χ0n) is 6.83. The van der Waals surface area contributed by atoms with Crippen molar-refractivity contribution in [3.63, 3.8) is 0 Å². The minimum Gasteiger partial charge on any atom is -0.399 e. The van der Waals surface area contributed by atoms with Crippen LogP contribution in [0.2, 0.25) is 0 Å². The highest BCUT2D eigenvalue weighted by atomic mass is 19.1. The summed E-state index contributed by atoms with van der Waals surface area (Å²) in [6.07, 6.45) is -0.597. The molecule has 1 unspecified atom stereocenters. The van der Waals surface area contributed by atoms with Gasteiger partial charge in [-0.05, 0) is 30.7 Å². The van der Waals surface area contributed by atoms with Crippen LogP contribution in [0.4, 0.5) is 10.1 Å². The summed E-state index contributed by atoms with van der Waals surface area (Å²) in [5, 5.41) is 0. The Kier molecular flexibility index (Phi) is 3.05. The van der Waals surface area contributed by atoms with Crippen LogP contribution >= 0.6 is 0 Å². The molecule has 0 amide bonds. The fraction of sp³-hybridized carbons (Fsp3) is 0.333. The van der Waals surface area contributed by atoms with Gasteiger partial charge in [0, 0.05) is 5.69 Å². The Balaban J connectivity index is 2.68. The van der Waals surface area contributed by atoms with Crippen LogP contribution in [0.15, 0.2) is 24.3 Å². The van der Waals surface area contributed by atoms with Gasteiger partial charge in [-0.25, -0.2) is 4.39 Å².